The maximum atomic E-state index is 12.5. The highest BCUT2D eigenvalue weighted by Crippen LogP contribution is 2.23. The van der Waals surface area contributed by atoms with Crippen LogP contribution in [0, 0.1) is 5.41 Å². The van der Waals surface area contributed by atoms with Crippen molar-refractivity contribution in [3.8, 4) is 5.75 Å². The summed E-state index contributed by atoms with van der Waals surface area (Å²) in [6, 6.07) is 7.51. The molecule has 1 aromatic rings. The summed E-state index contributed by atoms with van der Waals surface area (Å²) < 4.78 is 6.19. The number of piperidine rings is 2. The van der Waals surface area contributed by atoms with Crippen molar-refractivity contribution >= 4 is 5.91 Å². The van der Waals surface area contributed by atoms with Crippen molar-refractivity contribution in [1.82, 2.24) is 15.1 Å². The van der Waals surface area contributed by atoms with Crippen molar-refractivity contribution in [1.29, 1.82) is 0 Å². The quantitative estimate of drug-likeness (QED) is 0.714. The van der Waals surface area contributed by atoms with E-state index < -0.39 is 0 Å². The molecular weight excluding hydrogens is 378 g/mol. The fourth-order valence-electron chi connectivity index (χ4n) is 4.42. The van der Waals surface area contributed by atoms with Crippen LogP contribution in [0.3, 0.4) is 0 Å². The third-order valence-corrected chi connectivity index (χ3v) is 5.83. The Balaban J connectivity index is 1.42. The number of hydrogen-bond donors (Lipinski definition) is 2. The lowest BCUT2D eigenvalue weighted by Gasteiger charge is -2.36. The van der Waals surface area contributed by atoms with Crippen LogP contribution in [0.15, 0.2) is 24.3 Å². The first kappa shape index (κ1) is 23.0. The number of nitrogens with one attached hydrogen (secondary N) is 1. The molecule has 2 heterocycles. The van der Waals surface area contributed by atoms with E-state index in [0.29, 0.717) is 24.1 Å². The fourth-order valence-corrected chi connectivity index (χ4v) is 4.42. The molecule has 0 aromatic heterocycles. The summed E-state index contributed by atoms with van der Waals surface area (Å²) in [5, 5.41) is 12.7. The molecule has 3 rings (SSSR count). The SMILES string of the molecule is CC(C)(C)CN1CCC(Oc2cccc(C(=O)NCCN3CCCC(O)C3)c2)CC1. The van der Waals surface area contributed by atoms with Crippen molar-refractivity contribution in [3.05, 3.63) is 29.8 Å². The van der Waals surface area contributed by atoms with E-state index in [9.17, 15) is 9.90 Å². The molecule has 0 aliphatic carbocycles. The van der Waals surface area contributed by atoms with E-state index in [1.165, 1.54) is 0 Å². The number of carbonyl (C=O) groups is 1. The van der Waals surface area contributed by atoms with Gasteiger partial charge in [0.2, 0.25) is 0 Å². The molecule has 1 amide bonds. The minimum atomic E-state index is -0.233. The molecule has 1 aromatic carbocycles. The van der Waals surface area contributed by atoms with Crippen LogP contribution in [0.25, 0.3) is 0 Å². The number of nitrogens with zero attached hydrogens (tertiary/aromatic N) is 2. The van der Waals surface area contributed by atoms with E-state index in [1.807, 2.05) is 24.3 Å². The lowest BCUT2D eigenvalue weighted by molar-refractivity contribution is 0.0702. The van der Waals surface area contributed by atoms with Gasteiger partial charge in [-0.05, 0) is 55.8 Å². The minimum absolute atomic E-state index is 0.0713. The molecule has 2 aliphatic rings. The summed E-state index contributed by atoms with van der Waals surface area (Å²) in [7, 11) is 0. The van der Waals surface area contributed by atoms with Gasteiger partial charge < -0.3 is 20.1 Å². The molecular formula is C24H39N3O3. The smallest absolute Gasteiger partial charge is 0.251 e. The first-order valence-corrected chi connectivity index (χ1v) is 11.5. The van der Waals surface area contributed by atoms with Gasteiger partial charge in [-0.3, -0.25) is 9.69 Å². The lowest BCUT2D eigenvalue weighted by atomic mass is 9.94. The molecule has 2 saturated heterocycles. The molecule has 0 bridgehead atoms. The maximum Gasteiger partial charge on any atom is 0.251 e. The van der Waals surface area contributed by atoms with Gasteiger partial charge in [-0.15, -0.1) is 0 Å². The van der Waals surface area contributed by atoms with Crippen molar-refractivity contribution in [3.63, 3.8) is 0 Å². The van der Waals surface area contributed by atoms with Crippen LogP contribution in [0.2, 0.25) is 0 Å². The second-order valence-electron chi connectivity index (χ2n) is 10.0. The van der Waals surface area contributed by atoms with Gasteiger partial charge in [0, 0.05) is 44.8 Å². The Morgan fingerprint density at radius 2 is 1.93 bits per heavy atom. The molecule has 2 fully saturated rings. The number of aliphatic hydroxyl groups excluding tert-OH is 1. The van der Waals surface area contributed by atoms with Crippen molar-refractivity contribution in [2.75, 3.05) is 45.8 Å². The molecule has 0 saturated carbocycles. The van der Waals surface area contributed by atoms with Crippen LogP contribution in [0.1, 0.15) is 56.8 Å². The summed E-state index contributed by atoms with van der Waals surface area (Å²) >= 11 is 0. The van der Waals surface area contributed by atoms with E-state index in [-0.39, 0.29) is 18.1 Å². The Morgan fingerprint density at radius 1 is 1.17 bits per heavy atom. The normalized spacial score (nSPS) is 22.1. The zero-order chi connectivity index (χ0) is 21.6. The van der Waals surface area contributed by atoms with Crippen molar-refractivity contribution in [2.45, 2.75) is 58.7 Å². The predicted molar refractivity (Wildman–Crippen MR) is 120 cm³/mol. The van der Waals surface area contributed by atoms with Gasteiger partial charge in [0.1, 0.15) is 11.9 Å². The Labute approximate surface area is 181 Å². The maximum absolute atomic E-state index is 12.5. The standard InChI is InChI=1S/C24H39N3O3/c1-24(2,3)18-27-13-9-21(10-14-27)30-22-8-4-6-19(16-22)23(29)25-11-15-26-12-5-7-20(28)17-26/h4,6,8,16,20-21,28H,5,7,9-15,17-18H2,1-3H3,(H,25,29). The molecule has 0 radical (unpaired) electrons. The first-order chi connectivity index (χ1) is 14.3. The average Bonchev–Trinajstić information content (AvgIpc) is 2.69. The molecule has 1 atom stereocenters. The van der Waals surface area contributed by atoms with Gasteiger partial charge in [-0.2, -0.15) is 0 Å². The number of amides is 1. The van der Waals surface area contributed by atoms with E-state index >= 15 is 0 Å². The summed E-state index contributed by atoms with van der Waals surface area (Å²) in [4.78, 5) is 17.3. The second kappa shape index (κ2) is 10.6. The van der Waals surface area contributed by atoms with Crippen LogP contribution in [-0.2, 0) is 0 Å². The second-order valence-corrected chi connectivity index (χ2v) is 10.0. The largest absolute Gasteiger partial charge is 0.490 e. The topological polar surface area (TPSA) is 65.0 Å². The van der Waals surface area contributed by atoms with E-state index in [2.05, 4.69) is 35.9 Å². The molecule has 2 N–H and O–H groups in total. The number of carbonyl (C=O) groups excluding carboxylic acids is 1. The average molecular weight is 418 g/mol. The summed E-state index contributed by atoms with van der Waals surface area (Å²) in [6.07, 6.45) is 3.92. The molecule has 168 valence electrons. The Bertz CT molecular complexity index is 681. The molecule has 6 heteroatoms. The number of likely N-dealkylation sites (tertiary alicyclic amines) is 2. The van der Waals surface area contributed by atoms with Crippen LogP contribution >= 0.6 is 0 Å². The van der Waals surface area contributed by atoms with E-state index in [4.69, 9.17) is 4.74 Å². The van der Waals surface area contributed by atoms with Crippen LogP contribution < -0.4 is 10.1 Å². The third kappa shape index (κ3) is 7.56. The van der Waals surface area contributed by atoms with E-state index in [0.717, 1.165) is 64.2 Å². The Hall–Kier alpha value is -1.63. The van der Waals surface area contributed by atoms with Crippen LogP contribution in [0.4, 0.5) is 0 Å². The molecule has 30 heavy (non-hydrogen) atoms. The lowest BCUT2D eigenvalue weighted by Crippen LogP contribution is -2.42. The number of rotatable bonds is 7. The molecule has 2 aliphatic heterocycles. The molecule has 0 spiro atoms. The zero-order valence-electron chi connectivity index (χ0n) is 18.9. The number of ether oxygens (including phenoxy) is 1. The van der Waals surface area contributed by atoms with Gasteiger partial charge >= 0.3 is 0 Å². The number of β-amino-alcohol motifs (C(OH)–C–C–N with tert-alkyl or cyclic N) is 1. The van der Waals surface area contributed by atoms with Gasteiger partial charge in [0.25, 0.3) is 5.91 Å². The van der Waals surface area contributed by atoms with Gasteiger partial charge in [0.15, 0.2) is 0 Å². The summed E-state index contributed by atoms with van der Waals surface area (Å²) in [5.41, 5.74) is 0.958. The highest BCUT2D eigenvalue weighted by Gasteiger charge is 2.24. The van der Waals surface area contributed by atoms with Gasteiger partial charge in [-0.1, -0.05) is 26.8 Å². The fraction of sp³-hybridized carbons (Fsp3) is 0.708. The van der Waals surface area contributed by atoms with Crippen LogP contribution in [0.5, 0.6) is 5.75 Å². The highest BCUT2D eigenvalue weighted by molar-refractivity contribution is 5.94. The van der Waals surface area contributed by atoms with E-state index in [1.54, 1.807) is 0 Å². The third-order valence-electron chi connectivity index (χ3n) is 5.83. The summed E-state index contributed by atoms with van der Waals surface area (Å²) in [5.74, 6) is 0.703. The summed E-state index contributed by atoms with van der Waals surface area (Å²) in [6.45, 7) is 13.1. The van der Waals surface area contributed by atoms with Crippen LogP contribution in [-0.4, -0.2) is 78.8 Å². The van der Waals surface area contributed by atoms with Crippen molar-refractivity contribution < 1.29 is 14.6 Å². The Kier molecular flexibility index (Phi) is 8.14. The molecule has 1 unspecified atom stereocenters. The highest BCUT2D eigenvalue weighted by atomic mass is 16.5. The number of hydrogen-bond acceptors (Lipinski definition) is 5. The van der Waals surface area contributed by atoms with Gasteiger partial charge in [0.05, 0.1) is 6.10 Å². The zero-order valence-corrected chi connectivity index (χ0v) is 18.9. The molecule has 6 nitrogen and oxygen atoms in total. The monoisotopic (exact) mass is 417 g/mol. The minimum Gasteiger partial charge on any atom is -0.490 e. The number of aliphatic hydroxyl groups is 1. The number of benzene rings is 1. The van der Waals surface area contributed by atoms with Gasteiger partial charge in [-0.25, -0.2) is 0 Å². The Morgan fingerprint density at radius 3 is 2.63 bits per heavy atom. The predicted octanol–water partition coefficient (Wildman–Crippen LogP) is 2.76. The first-order valence-electron chi connectivity index (χ1n) is 11.5. The van der Waals surface area contributed by atoms with Crippen molar-refractivity contribution in [2.24, 2.45) is 5.41 Å².